The fraction of sp³-hybridized carbons (Fsp3) is 0.778. The zero-order valence-electron chi connectivity index (χ0n) is 31.5. The molecule has 0 saturated heterocycles. The minimum atomic E-state index is -0.516. The lowest BCUT2D eigenvalue weighted by Crippen LogP contribution is -2.34. The largest absolute Gasteiger partial charge is 0.491 e. The summed E-state index contributed by atoms with van der Waals surface area (Å²) in [6, 6.07) is 6.92. The fourth-order valence-corrected chi connectivity index (χ4v) is 3.70. The zero-order chi connectivity index (χ0) is 37.6. The van der Waals surface area contributed by atoms with E-state index < -0.39 is 11.7 Å². The Labute approximate surface area is 309 Å². The van der Waals surface area contributed by atoms with Crippen LogP contribution in [0, 0.1) is 0 Å². The van der Waals surface area contributed by atoms with E-state index in [1.54, 1.807) is 24.3 Å². The van der Waals surface area contributed by atoms with Gasteiger partial charge in [-0.25, -0.2) is 4.79 Å². The number of alkyl carbamates (subject to hydrolysis) is 1. The number of hydrogen-bond donors (Lipinski definition) is 1. The van der Waals surface area contributed by atoms with Gasteiger partial charge in [-0.05, 0) is 45.0 Å². The Balaban J connectivity index is 1.64. The number of benzene rings is 1. The van der Waals surface area contributed by atoms with E-state index in [-0.39, 0.29) is 0 Å². The molecule has 0 atom stereocenters. The predicted octanol–water partition coefficient (Wildman–Crippen LogP) is 2.59. The third-order valence-corrected chi connectivity index (χ3v) is 6.15. The van der Waals surface area contributed by atoms with Crippen LogP contribution < -0.4 is 10.1 Å². The van der Waals surface area contributed by atoms with Crippen LogP contribution in [0.5, 0.6) is 5.75 Å². The molecule has 0 heterocycles. The number of ether oxygens (including phenoxy) is 13. The lowest BCUT2D eigenvalue weighted by atomic mass is 10.2. The van der Waals surface area contributed by atoms with Crippen LogP contribution >= 0.6 is 0 Å². The number of hydrogen-bond acceptors (Lipinski definition) is 15. The van der Waals surface area contributed by atoms with Crippen molar-refractivity contribution in [3.8, 4) is 5.75 Å². The molecule has 52 heavy (non-hydrogen) atoms. The highest BCUT2D eigenvalue weighted by atomic mass is 16.6. The number of rotatable bonds is 38. The van der Waals surface area contributed by atoms with E-state index in [9.17, 15) is 9.59 Å². The van der Waals surface area contributed by atoms with Crippen molar-refractivity contribution in [3.63, 3.8) is 0 Å². The second kappa shape index (κ2) is 35.5. The smallest absolute Gasteiger partial charge is 0.407 e. The first-order valence-electron chi connectivity index (χ1n) is 17.9. The summed E-state index contributed by atoms with van der Waals surface area (Å²) in [5.41, 5.74) is 0.0986. The van der Waals surface area contributed by atoms with E-state index in [2.05, 4.69) is 5.32 Å². The predicted molar refractivity (Wildman–Crippen MR) is 191 cm³/mol. The zero-order valence-corrected chi connectivity index (χ0v) is 31.5. The summed E-state index contributed by atoms with van der Waals surface area (Å²) in [5, 5.41) is 2.63. The van der Waals surface area contributed by atoms with Crippen molar-refractivity contribution in [3.05, 3.63) is 29.8 Å². The molecule has 0 bridgehead atoms. The Hall–Kier alpha value is -2.48. The first-order chi connectivity index (χ1) is 25.4. The van der Waals surface area contributed by atoms with Gasteiger partial charge in [-0.15, -0.1) is 0 Å². The molecule has 1 aromatic rings. The van der Waals surface area contributed by atoms with Gasteiger partial charge in [0.15, 0.2) is 0 Å². The summed E-state index contributed by atoms with van der Waals surface area (Å²) >= 11 is 0. The number of nitrogens with one attached hydrogen (secondary N) is 1. The maximum Gasteiger partial charge on any atom is 0.407 e. The molecule has 16 heteroatoms. The van der Waals surface area contributed by atoms with E-state index >= 15 is 0 Å². The normalized spacial score (nSPS) is 11.5. The Morgan fingerprint density at radius 2 is 0.769 bits per heavy atom. The van der Waals surface area contributed by atoms with Crippen molar-refractivity contribution in [2.75, 3.05) is 159 Å². The highest BCUT2D eigenvalue weighted by molar-refractivity contribution is 5.74. The van der Waals surface area contributed by atoms with Crippen LogP contribution in [-0.4, -0.2) is 176 Å². The number of amides is 1. The maximum atomic E-state index is 11.5. The van der Waals surface area contributed by atoms with E-state index in [0.717, 1.165) is 6.29 Å². The average Bonchev–Trinajstić information content (AvgIpc) is 3.12. The van der Waals surface area contributed by atoms with Gasteiger partial charge in [-0.3, -0.25) is 4.79 Å². The van der Waals surface area contributed by atoms with Crippen molar-refractivity contribution < 1.29 is 71.2 Å². The van der Waals surface area contributed by atoms with Gasteiger partial charge in [0, 0.05) is 12.1 Å². The summed E-state index contributed by atoms with van der Waals surface area (Å²) in [5.74, 6) is 0.700. The van der Waals surface area contributed by atoms with E-state index in [1.807, 2.05) is 20.8 Å². The number of carbonyl (C=O) groups is 2. The standard InChI is InChI=1S/C36H63NO15/c1-36(2,3)52-35(39)37-8-9-40-10-11-41-12-13-42-14-15-43-16-17-44-18-19-45-20-21-46-22-23-47-24-25-48-26-27-49-28-29-50-30-31-51-34-6-4-33(32-38)5-7-34/h4-7,32H,8-31H2,1-3H3,(H,37,39). The van der Waals surface area contributed by atoms with E-state index in [4.69, 9.17) is 61.6 Å². The summed E-state index contributed by atoms with van der Waals surface area (Å²) in [6.07, 6.45) is 0.340. The summed E-state index contributed by atoms with van der Waals surface area (Å²) in [6.45, 7) is 16.7. The Morgan fingerprint density at radius 1 is 0.481 bits per heavy atom. The Morgan fingerprint density at radius 3 is 1.06 bits per heavy atom. The first-order valence-corrected chi connectivity index (χ1v) is 17.9. The monoisotopic (exact) mass is 749 g/mol. The first kappa shape index (κ1) is 47.5. The fourth-order valence-electron chi connectivity index (χ4n) is 3.70. The molecule has 0 radical (unpaired) electrons. The van der Waals surface area contributed by atoms with Crippen LogP contribution in [0.2, 0.25) is 0 Å². The number of aldehydes is 1. The summed E-state index contributed by atoms with van der Waals surface area (Å²) in [7, 11) is 0. The molecule has 0 saturated carbocycles. The van der Waals surface area contributed by atoms with Gasteiger partial charge < -0.3 is 66.9 Å². The Bertz CT molecular complexity index is 933. The highest BCUT2D eigenvalue weighted by Gasteiger charge is 2.15. The second-order valence-electron chi connectivity index (χ2n) is 11.7. The van der Waals surface area contributed by atoms with E-state index in [1.165, 1.54) is 0 Å². The van der Waals surface area contributed by atoms with Gasteiger partial charge in [0.1, 0.15) is 24.2 Å². The van der Waals surface area contributed by atoms with Crippen molar-refractivity contribution in [1.82, 2.24) is 5.32 Å². The summed E-state index contributed by atoms with van der Waals surface area (Å²) in [4.78, 5) is 22.1. The minimum Gasteiger partial charge on any atom is -0.491 e. The number of carbonyl (C=O) groups excluding carboxylic acids is 2. The topological polar surface area (TPSA) is 166 Å². The molecule has 0 aromatic heterocycles. The van der Waals surface area contributed by atoms with Crippen LogP contribution in [0.1, 0.15) is 31.1 Å². The van der Waals surface area contributed by atoms with Gasteiger partial charge in [0.2, 0.25) is 0 Å². The van der Waals surface area contributed by atoms with Crippen LogP contribution in [0.25, 0.3) is 0 Å². The molecular weight excluding hydrogens is 686 g/mol. The van der Waals surface area contributed by atoms with Crippen LogP contribution in [0.15, 0.2) is 24.3 Å². The maximum absolute atomic E-state index is 11.5. The molecule has 0 aliphatic heterocycles. The van der Waals surface area contributed by atoms with Crippen molar-refractivity contribution in [1.29, 1.82) is 0 Å². The quantitative estimate of drug-likeness (QED) is 0.0774. The SMILES string of the molecule is CC(C)(C)OC(=O)NCCOCCOCCOCCOCCOCCOCCOCCOCCOCCOCCOCCOc1ccc(C=O)cc1. The van der Waals surface area contributed by atoms with Crippen molar-refractivity contribution in [2.24, 2.45) is 0 Å². The van der Waals surface area contributed by atoms with Crippen molar-refractivity contribution >= 4 is 12.4 Å². The van der Waals surface area contributed by atoms with Gasteiger partial charge in [-0.2, -0.15) is 0 Å². The van der Waals surface area contributed by atoms with Gasteiger partial charge >= 0.3 is 6.09 Å². The molecule has 0 aliphatic carbocycles. The molecule has 0 aliphatic rings. The average molecular weight is 750 g/mol. The Kier molecular flexibility index (Phi) is 32.5. The molecule has 1 aromatic carbocycles. The minimum absolute atomic E-state index is 0.378. The van der Waals surface area contributed by atoms with Gasteiger partial charge in [-0.1, -0.05) is 0 Å². The second-order valence-corrected chi connectivity index (χ2v) is 11.7. The molecule has 0 unspecified atom stereocenters. The molecule has 0 spiro atoms. The van der Waals surface area contributed by atoms with Crippen LogP contribution in [0.3, 0.4) is 0 Å². The highest BCUT2D eigenvalue weighted by Crippen LogP contribution is 2.10. The van der Waals surface area contributed by atoms with Crippen LogP contribution in [0.4, 0.5) is 4.79 Å². The van der Waals surface area contributed by atoms with Gasteiger partial charge in [0.25, 0.3) is 0 Å². The van der Waals surface area contributed by atoms with Crippen molar-refractivity contribution in [2.45, 2.75) is 26.4 Å². The lowest BCUT2D eigenvalue weighted by molar-refractivity contribution is -0.0277. The molecule has 1 N–H and O–H groups in total. The third kappa shape index (κ3) is 34.6. The molecule has 1 amide bonds. The van der Waals surface area contributed by atoms with Crippen LogP contribution in [-0.2, 0) is 56.8 Å². The third-order valence-electron chi connectivity index (χ3n) is 6.15. The molecular formula is C36H63NO15. The summed E-state index contributed by atoms with van der Waals surface area (Å²) < 4.78 is 70.8. The lowest BCUT2D eigenvalue weighted by Gasteiger charge is -2.19. The molecule has 16 nitrogen and oxygen atoms in total. The van der Waals surface area contributed by atoms with E-state index in [0.29, 0.717) is 170 Å². The molecule has 302 valence electrons. The molecule has 1 rings (SSSR count). The van der Waals surface area contributed by atoms with Gasteiger partial charge in [0.05, 0.1) is 145 Å². The molecule has 0 fully saturated rings.